The summed E-state index contributed by atoms with van der Waals surface area (Å²) in [6.45, 7) is 7.84. The largest absolute Gasteiger partial charge is 0.368 e. The van der Waals surface area contributed by atoms with Crippen LogP contribution < -0.4 is 10.6 Å². The maximum Gasteiger partial charge on any atom is 0.223 e. The first-order valence-electron chi connectivity index (χ1n) is 8.91. The maximum atomic E-state index is 12.5. The van der Waals surface area contributed by atoms with E-state index < -0.39 is 0 Å². The molecule has 1 aromatic carbocycles. The monoisotopic (exact) mass is 387 g/mol. The van der Waals surface area contributed by atoms with Crippen molar-refractivity contribution >= 4 is 36.4 Å². The molecule has 6 heteroatoms. The fourth-order valence-corrected chi connectivity index (χ4v) is 3.95. The van der Waals surface area contributed by atoms with Gasteiger partial charge in [0.2, 0.25) is 5.91 Å². The molecular formula is C19H31Cl2N3O. The summed E-state index contributed by atoms with van der Waals surface area (Å²) in [4.78, 5) is 17.0. The molecule has 2 aliphatic rings. The number of aryl methyl sites for hydroxylation is 1. The van der Waals surface area contributed by atoms with Crippen LogP contribution in [0.15, 0.2) is 18.2 Å². The van der Waals surface area contributed by atoms with E-state index in [1.165, 1.54) is 23.2 Å². The molecule has 25 heavy (non-hydrogen) atoms. The number of nitrogens with two attached hydrogens (primary N) is 1. The fourth-order valence-electron chi connectivity index (χ4n) is 3.95. The first-order valence-corrected chi connectivity index (χ1v) is 8.91. The molecule has 0 radical (unpaired) electrons. The van der Waals surface area contributed by atoms with Gasteiger partial charge in [0.05, 0.1) is 0 Å². The Labute approximate surface area is 163 Å². The first-order chi connectivity index (χ1) is 11.1. The molecule has 0 bridgehead atoms. The van der Waals surface area contributed by atoms with Gasteiger partial charge in [-0.15, -0.1) is 24.8 Å². The van der Waals surface area contributed by atoms with Crippen LogP contribution in [0, 0.1) is 19.8 Å². The van der Waals surface area contributed by atoms with Crippen molar-refractivity contribution < 1.29 is 4.79 Å². The van der Waals surface area contributed by atoms with E-state index in [9.17, 15) is 4.79 Å². The lowest BCUT2D eigenvalue weighted by Crippen LogP contribution is -2.49. The zero-order chi connectivity index (χ0) is 16.4. The Morgan fingerprint density at radius 3 is 2.40 bits per heavy atom. The summed E-state index contributed by atoms with van der Waals surface area (Å²) in [5.74, 6) is 0.701. The second kappa shape index (κ2) is 9.65. The zero-order valence-corrected chi connectivity index (χ0v) is 16.9. The molecular weight excluding hydrogens is 357 g/mol. The highest BCUT2D eigenvalue weighted by Gasteiger charge is 2.29. The third kappa shape index (κ3) is 5.02. The van der Waals surface area contributed by atoms with E-state index in [0.717, 1.165) is 39.0 Å². The highest BCUT2D eigenvalue weighted by atomic mass is 35.5. The minimum Gasteiger partial charge on any atom is -0.368 e. The van der Waals surface area contributed by atoms with E-state index in [1.54, 1.807) is 0 Å². The Balaban J connectivity index is 0.00000156. The van der Waals surface area contributed by atoms with Gasteiger partial charge in [0.15, 0.2) is 0 Å². The molecule has 1 saturated heterocycles. The number of amides is 1. The molecule has 0 spiro atoms. The van der Waals surface area contributed by atoms with Gasteiger partial charge < -0.3 is 15.5 Å². The lowest BCUT2D eigenvalue weighted by Gasteiger charge is -2.37. The normalized spacial score (nSPS) is 23.0. The molecule has 1 aliphatic carbocycles. The van der Waals surface area contributed by atoms with E-state index in [2.05, 4.69) is 36.9 Å². The third-order valence-corrected chi connectivity index (χ3v) is 5.70. The lowest BCUT2D eigenvalue weighted by molar-refractivity contribution is -0.132. The van der Waals surface area contributed by atoms with E-state index >= 15 is 0 Å². The van der Waals surface area contributed by atoms with Gasteiger partial charge in [-0.25, -0.2) is 0 Å². The molecule has 1 saturated carbocycles. The highest BCUT2D eigenvalue weighted by molar-refractivity contribution is 5.85. The van der Waals surface area contributed by atoms with Crippen LogP contribution in [0.5, 0.6) is 0 Å². The molecule has 1 aromatic rings. The Kier molecular flexibility index (Phi) is 8.52. The van der Waals surface area contributed by atoms with Crippen molar-refractivity contribution in [3.05, 3.63) is 29.3 Å². The van der Waals surface area contributed by atoms with E-state index in [1.807, 2.05) is 4.90 Å². The number of carbonyl (C=O) groups is 1. The Morgan fingerprint density at radius 2 is 1.80 bits per heavy atom. The summed E-state index contributed by atoms with van der Waals surface area (Å²) in [6.07, 6.45) is 4.03. The summed E-state index contributed by atoms with van der Waals surface area (Å²) >= 11 is 0. The molecule has 0 unspecified atom stereocenters. The van der Waals surface area contributed by atoms with Crippen LogP contribution in [-0.2, 0) is 4.79 Å². The Hall–Kier alpha value is -0.970. The van der Waals surface area contributed by atoms with Crippen molar-refractivity contribution in [2.24, 2.45) is 11.7 Å². The smallest absolute Gasteiger partial charge is 0.223 e. The van der Waals surface area contributed by atoms with Crippen molar-refractivity contribution in [2.45, 2.75) is 45.6 Å². The van der Waals surface area contributed by atoms with Crippen LogP contribution in [0.4, 0.5) is 5.69 Å². The minimum atomic E-state index is 0. The van der Waals surface area contributed by atoms with Gasteiger partial charge in [0.1, 0.15) is 0 Å². The predicted octanol–water partition coefficient (Wildman–Crippen LogP) is 3.31. The van der Waals surface area contributed by atoms with Crippen LogP contribution in [0.3, 0.4) is 0 Å². The number of rotatable bonds is 3. The lowest BCUT2D eigenvalue weighted by atomic mass is 9.99. The first kappa shape index (κ1) is 22.1. The molecule has 142 valence electrons. The third-order valence-electron chi connectivity index (χ3n) is 5.70. The molecule has 4 nitrogen and oxygen atoms in total. The number of hydrogen-bond acceptors (Lipinski definition) is 3. The number of hydrogen-bond donors (Lipinski definition) is 1. The van der Waals surface area contributed by atoms with Gasteiger partial charge in [-0.2, -0.15) is 0 Å². The second-order valence-electron chi connectivity index (χ2n) is 7.15. The number of nitrogens with zero attached hydrogens (tertiary/aromatic N) is 2. The van der Waals surface area contributed by atoms with Crippen molar-refractivity contribution in [1.82, 2.24) is 4.90 Å². The van der Waals surface area contributed by atoms with Crippen LogP contribution in [-0.4, -0.2) is 43.0 Å². The molecule has 3 rings (SSSR count). The molecule has 0 aromatic heterocycles. The maximum absolute atomic E-state index is 12.5. The Bertz CT molecular complexity index is 574. The van der Waals surface area contributed by atoms with Gasteiger partial charge in [-0.3, -0.25) is 4.79 Å². The SMILES string of the molecule is Cc1cccc(N2CCN(C(=O)C[C@@H]3CCC[C@H]3N)CC2)c1C.Cl.Cl. The number of piperazine rings is 1. The average molecular weight is 388 g/mol. The number of halogens is 2. The van der Waals surface area contributed by atoms with Crippen molar-refractivity contribution in [3.8, 4) is 0 Å². The van der Waals surface area contributed by atoms with E-state index in [-0.39, 0.29) is 30.9 Å². The van der Waals surface area contributed by atoms with Gasteiger partial charge in [-0.05, 0) is 49.8 Å². The summed E-state index contributed by atoms with van der Waals surface area (Å²) in [5.41, 5.74) is 10.1. The minimum absolute atomic E-state index is 0. The zero-order valence-electron chi connectivity index (χ0n) is 15.2. The molecule has 2 fully saturated rings. The van der Waals surface area contributed by atoms with Crippen LogP contribution in [0.1, 0.15) is 36.8 Å². The van der Waals surface area contributed by atoms with Crippen LogP contribution in [0.25, 0.3) is 0 Å². The quantitative estimate of drug-likeness (QED) is 0.864. The van der Waals surface area contributed by atoms with Gasteiger partial charge >= 0.3 is 0 Å². The number of benzene rings is 1. The van der Waals surface area contributed by atoms with Gasteiger partial charge in [0.25, 0.3) is 0 Å². The van der Waals surface area contributed by atoms with E-state index in [0.29, 0.717) is 18.2 Å². The topological polar surface area (TPSA) is 49.6 Å². The van der Waals surface area contributed by atoms with Crippen molar-refractivity contribution in [3.63, 3.8) is 0 Å². The fraction of sp³-hybridized carbons (Fsp3) is 0.632. The molecule has 2 atom stereocenters. The standard InChI is InChI=1S/C19H29N3O.2ClH/c1-14-5-3-8-18(15(14)2)21-9-11-22(12-10-21)19(23)13-16-6-4-7-17(16)20;;/h3,5,8,16-17H,4,6-7,9-13,20H2,1-2H3;2*1H/t16-,17+;;/m0../s1. The van der Waals surface area contributed by atoms with Gasteiger partial charge in [-0.1, -0.05) is 18.6 Å². The Morgan fingerprint density at radius 1 is 1.12 bits per heavy atom. The molecule has 1 amide bonds. The van der Waals surface area contributed by atoms with Crippen LogP contribution >= 0.6 is 24.8 Å². The average Bonchev–Trinajstić information content (AvgIpc) is 2.95. The molecule has 2 N–H and O–H groups in total. The van der Waals surface area contributed by atoms with E-state index in [4.69, 9.17) is 5.73 Å². The summed E-state index contributed by atoms with van der Waals surface area (Å²) in [6, 6.07) is 6.70. The van der Waals surface area contributed by atoms with Crippen molar-refractivity contribution in [1.29, 1.82) is 0 Å². The molecule has 1 aliphatic heterocycles. The summed E-state index contributed by atoms with van der Waals surface area (Å²) < 4.78 is 0. The number of anilines is 1. The number of carbonyl (C=O) groups excluding carboxylic acids is 1. The highest BCUT2D eigenvalue weighted by Crippen LogP contribution is 2.28. The van der Waals surface area contributed by atoms with Crippen molar-refractivity contribution in [2.75, 3.05) is 31.1 Å². The summed E-state index contributed by atoms with van der Waals surface area (Å²) in [5, 5.41) is 0. The molecule has 1 heterocycles. The second-order valence-corrected chi connectivity index (χ2v) is 7.15. The predicted molar refractivity (Wildman–Crippen MR) is 109 cm³/mol. The van der Waals surface area contributed by atoms with Gasteiger partial charge in [0, 0.05) is 44.3 Å². The van der Waals surface area contributed by atoms with Crippen LogP contribution in [0.2, 0.25) is 0 Å². The summed E-state index contributed by atoms with van der Waals surface area (Å²) in [7, 11) is 0.